The molecule has 28 heavy (non-hydrogen) atoms. The van der Waals surface area contributed by atoms with Gasteiger partial charge >= 0.3 is 0 Å². The zero-order valence-electron chi connectivity index (χ0n) is 17.3. The van der Waals surface area contributed by atoms with E-state index in [1.807, 2.05) is 25.8 Å². The van der Waals surface area contributed by atoms with E-state index in [-0.39, 0.29) is 29.1 Å². The second-order valence-corrected chi connectivity index (χ2v) is 10.4. The Balaban J connectivity index is 1.71. The van der Waals surface area contributed by atoms with E-state index in [0.29, 0.717) is 18.7 Å². The first-order valence-electron chi connectivity index (χ1n) is 10.2. The molecule has 1 saturated heterocycles. The number of carbonyl (C=O) groups excluding carboxylic acids is 1. The molecule has 2 unspecified atom stereocenters. The number of nitrogens with zero attached hydrogens (tertiary/aromatic N) is 2. The summed E-state index contributed by atoms with van der Waals surface area (Å²) in [6, 6.07) is 6.62. The van der Waals surface area contributed by atoms with Crippen molar-refractivity contribution >= 4 is 15.9 Å². The SMILES string of the molecule is CC1CCC(N(C)C(=O)c2ccc(S(=O)(=O)N3CC(C)OC(C)C3)cc2)CC1. The summed E-state index contributed by atoms with van der Waals surface area (Å²) in [5.41, 5.74) is 0.531. The quantitative estimate of drug-likeness (QED) is 0.768. The summed E-state index contributed by atoms with van der Waals surface area (Å²) in [7, 11) is -1.74. The summed E-state index contributed by atoms with van der Waals surface area (Å²) in [6.07, 6.45) is 4.09. The van der Waals surface area contributed by atoms with Gasteiger partial charge in [0.05, 0.1) is 17.1 Å². The van der Waals surface area contributed by atoms with Gasteiger partial charge in [0.2, 0.25) is 10.0 Å². The smallest absolute Gasteiger partial charge is 0.253 e. The number of hydrogen-bond donors (Lipinski definition) is 0. The lowest BCUT2D eigenvalue weighted by atomic mass is 9.86. The summed E-state index contributed by atoms with van der Waals surface area (Å²) in [5.74, 6) is 0.687. The van der Waals surface area contributed by atoms with E-state index in [0.717, 1.165) is 31.6 Å². The van der Waals surface area contributed by atoms with Gasteiger partial charge < -0.3 is 9.64 Å². The van der Waals surface area contributed by atoms with Gasteiger partial charge in [-0.2, -0.15) is 4.31 Å². The van der Waals surface area contributed by atoms with Crippen LogP contribution in [0.2, 0.25) is 0 Å². The Bertz CT molecular complexity index is 775. The van der Waals surface area contributed by atoms with Crippen LogP contribution in [0.5, 0.6) is 0 Å². The zero-order chi connectivity index (χ0) is 20.5. The molecular weight excluding hydrogens is 376 g/mol. The Labute approximate surface area is 168 Å². The monoisotopic (exact) mass is 408 g/mol. The van der Waals surface area contributed by atoms with Crippen molar-refractivity contribution < 1.29 is 17.9 Å². The van der Waals surface area contributed by atoms with E-state index in [1.165, 1.54) is 4.31 Å². The molecule has 1 heterocycles. The van der Waals surface area contributed by atoms with Crippen LogP contribution in [0.15, 0.2) is 29.2 Å². The van der Waals surface area contributed by atoms with Crippen molar-refractivity contribution in [3.63, 3.8) is 0 Å². The van der Waals surface area contributed by atoms with E-state index >= 15 is 0 Å². The van der Waals surface area contributed by atoms with Crippen LogP contribution in [0.1, 0.15) is 56.8 Å². The molecule has 6 nitrogen and oxygen atoms in total. The van der Waals surface area contributed by atoms with Crippen LogP contribution >= 0.6 is 0 Å². The summed E-state index contributed by atoms with van der Waals surface area (Å²) in [5, 5.41) is 0. The molecule has 0 spiro atoms. The highest BCUT2D eigenvalue weighted by Gasteiger charge is 2.32. The summed E-state index contributed by atoms with van der Waals surface area (Å²) in [4.78, 5) is 14.9. The van der Waals surface area contributed by atoms with Gasteiger partial charge in [0.1, 0.15) is 0 Å². The number of rotatable bonds is 4. The van der Waals surface area contributed by atoms with Crippen molar-refractivity contribution in [2.75, 3.05) is 20.1 Å². The maximum Gasteiger partial charge on any atom is 0.253 e. The molecular formula is C21H32N2O4S. The maximum absolute atomic E-state index is 12.9. The van der Waals surface area contributed by atoms with Crippen molar-refractivity contribution in [1.82, 2.24) is 9.21 Å². The lowest BCUT2D eigenvalue weighted by Crippen LogP contribution is -2.48. The van der Waals surface area contributed by atoms with Crippen molar-refractivity contribution in [2.45, 2.75) is 69.6 Å². The molecule has 0 N–H and O–H groups in total. The fourth-order valence-electron chi connectivity index (χ4n) is 4.24. The fourth-order valence-corrected chi connectivity index (χ4v) is 5.84. The van der Waals surface area contributed by atoms with Crippen LogP contribution in [0, 0.1) is 5.92 Å². The number of ether oxygens (including phenoxy) is 1. The van der Waals surface area contributed by atoms with Crippen LogP contribution in [-0.4, -0.2) is 61.9 Å². The van der Waals surface area contributed by atoms with E-state index in [1.54, 1.807) is 24.3 Å². The molecule has 1 aromatic carbocycles. The van der Waals surface area contributed by atoms with Crippen LogP contribution in [0.3, 0.4) is 0 Å². The molecule has 1 saturated carbocycles. The molecule has 7 heteroatoms. The van der Waals surface area contributed by atoms with Crippen LogP contribution < -0.4 is 0 Å². The Morgan fingerprint density at radius 3 is 2.07 bits per heavy atom. The lowest BCUT2D eigenvalue weighted by Gasteiger charge is -2.34. The Hall–Kier alpha value is -1.44. The number of amides is 1. The molecule has 2 atom stereocenters. The molecule has 1 amide bonds. The number of sulfonamides is 1. The highest BCUT2D eigenvalue weighted by Crippen LogP contribution is 2.27. The second kappa shape index (κ2) is 8.51. The van der Waals surface area contributed by atoms with Crippen LogP contribution in [0.4, 0.5) is 0 Å². The predicted molar refractivity (Wildman–Crippen MR) is 109 cm³/mol. The average molecular weight is 409 g/mol. The summed E-state index contributed by atoms with van der Waals surface area (Å²) < 4.78 is 33.0. The number of benzene rings is 1. The molecule has 3 rings (SSSR count). The zero-order valence-corrected chi connectivity index (χ0v) is 18.1. The van der Waals surface area contributed by atoms with Gasteiger partial charge in [0.15, 0.2) is 0 Å². The van der Waals surface area contributed by atoms with Crippen molar-refractivity contribution in [3.05, 3.63) is 29.8 Å². The van der Waals surface area contributed by atoms with Gasteiger partial charge in [0, 0.05) is 31.7 Å². The minimum absolute atomic E-state index is 0.0443. The van der Waals surface area contributed by atoms with Gasteiger partial charge in [-0.05, 0) is 69.7 Å². The number of hydrogen-bond acceptors (Lipinski definition) is 4. The highest BCUT2D eigenvalue weighted by molar-refractivity contribution is 7.89. The Kier molecular flexibility index (Phi) is 6.47. The average Bonchev–Trinajstić information content (AvgIpc) is 2.67. The third-order valence-corrected chi connectivity index (χ3v) is 7.82. The third-order valence-electron chi connectivity index (χ3n) is 5.98. The van der Waals surface area contributed by atoms with Gasteiger partial charge in [-0.1, -0.05) is 6.92 Å². The third kappa shape index (κ3) is 4.58. The molecule has 1 aromatic rings. The van der Waals surface area contributed by atoms with Gasteiger partial charge in [0.25, 0.3) is 5.91 Å². The van der Waals surface area contributed by atoms with E-state index < -0.39 is 10.0 Å². The first-order chi connectivity index (χ1) is 13.2. The van der Waals surface area contributed by atoms with Crippen molar-refractivity contribution in [3.8, 4) is 0 Å². The van der Waals surface area contributed by atoms with Gasteiger partial charge in [-0.3, -0.25) is 4.79 Å². The predicted octanol–water partition coefficient (Wildman–Crippen LogP) is 3.14. The maximum atomic E-state index is 12.9. The largest absolute Gasteiger partial charge is 0.373 e. The molecule has 1 aliphatic heterocycles. The van der Waals surface area contributed by atoms with Crippen molar-refractivity contribution in [1.29, 1.82) is 0 Å². The summed E-state index contributed by atoms with van der Waals surface area (Å²) in [6.45, 7) is 6.70. The summed E-state index contributed by atoms with van der Waals surface area (Å²) >= 11 is 0. The Morgan fingerprint density at radius 1 is 1.00 bits per heavy atom. The lowest BCUT2D eigenvalue weighted by molar-refractivity contribution is -0.0440. The molecule has 2 aliphatic rings. The first-order valence-corrected chi connectivity index (χ1v) is 11.7. The van der Waals surface area contributed by atoms with E-state index in [9.17, 15) is 13.2 Å². The topological polar surface area (TPSA) is 66.9 Å². The Morgan fingerprint density at radius 2 is 1.54 bits per heavy atom. The molecule has 1 aliphatic carbocycles. The molecule has 0 aromatic heterocycles. The minimum atomic E-state index is -3.59. The standard InChI is InChI=1S/C21H32N2O4S/c1-15-5-9-19(10-6-15)22(4)21(24)18-7-11-20(12-8-18)28(25,26)23-13-16(2)27-17(3)14-23/h7-8,11-12,15-17,19H,5-6,9-10,13-14H2,1-4H3. The van der Waals surface area contributed by atoms with Gasteiger partial charge in [-0.25, -0.2) is 8.42 Å². The molecule has 0 radical (unpaired) electrons. The van der Waals surface area contributed by atoms with E-state index in [2.05, 4.69) is 6.92 Å². The molecule has 0 bridgehead atoms. The molecule has 2 fully saturated rings. The van der Waals surface area contributed by atoms with Crippen LogP contribution in [-0.2, 0) is 14.8 Å². The second-order valence-electron chi connectivity index (χ2n) is 8.43. The first kappa shape index (κ1) is 21.3. The van der Waals surface area contributed by atoms with Gasteiger partial charge in [-0.15, -0.1) is 0 Å². The number of carbonyl (C=O) groups is 1. The van der Waals surface area contributed by atoms with Crippen molar-refractivity contribution in [2.24, 2.45) is 5.92 Å². The minimum Gasteiger partial charge on any atom is -0.373 e. The van der Waals surface area contributed by atoms with Crippen LogP contribution in [0.25, 0.3) is 0 Å². The number of morpholine rings is 1. The highest BCUT2D eigenvalue weighted by atomic mass is 32.2. The molecule has 156 valence electrons. The normalized spacial score (nSPS) is 29.4. The van der Waals surface area contributed by atoms with E-state index in [4.69, 9.17) is 4.74 Å². The fraction of sp³-hybridized carbons (Fsp3) is 0.667.